The molecule has 0 radical (unpaired) electrons. The minimum Gasteiger partial charge on any atom is -0.335 e. The fourth-order valence-corrected chi connectivity index (χ4v) is 1.93. The molecule has 13 heavy (non-hydrogen) atoms. The van der Waals surface area contributed by atoms with Gasteiger partial charge in [0.25, 0.3) is 10.0 Å². The van der Waals surface area contributed by atoms with Crippen molar-refractivity contribution in [2.75, 3.05) is 6.54 Å². The van der Waals surface area contributed by atoms with E-state index in [0.29, 0.717) is 0 Å². The van der Waals surface area contributed by atoms with Gasteiger partial charge in [-0.1, -0.05) is 0 Å². The first kappa shape index (κ1) is 10.2. The Morgan fingerprint density at radius 1 is 1.77 bits per heavy atom. The molecule has 1 atom stereocenters. The fourth-order valence-electron chi connectivity index (χ4n) is 0.767. The van der Waals surface area contributed by atoms with Crippen LogP contribution in [0.15, 0.2) is 17.6 Å². The van der Waals surface area contributed by atoms with Crippen molar-refractivity contribution in [1.82, 2.24) is 14.7 Å². The van der Waals surface area contributed by atoms with Crippen LogP contribution in [-0.4, -0.2) is 31.0 Å². The van der Waals surface area contributed by atoms with Gasteiger partial charge in [-0.3, -0.25) is 0 Å². The zero-order valence-corrected chi connectivity index (χ0v) is 8.00. The summed E-state index contributed by atoms with van der Waals surface area (Å²) in [7, 11) is -3.48. The van der Waals surface area contributed by atoms with E-state index in [9.17, 15) is 8.42 Å². The van der Waals surface area contributed by atoms with Crippen molar-refractivity contribution in [3.63, 3.8) is 0 Å². The molecule has 0 amide bonds. The Hall–Kier alpha value is -0.920. The number of hydrogen-bond donors (Lipinski definition) is 3. The predicted octanol–water partition coefficient (Wildman–Crippen LogP) is -0.965. The number of nitrogens with one attached hydrogen (secondary N) is 2. The van der Waals surface area contributed by atoms with E-state index in [2.05, 4.69) is 14.7 Å². The van der Waals surface area contributed by atoms with Crippen molar-refractivity contribution in [2.45, 2.75) is 18.0 Å². The molecular formula is C6H12N4O2S. The van der Waals surface area contributed by atoms with E-state index in [1.165, 1.54) is 12.5 Å². The Kier molecular flexibility index (Phi) is 3.02. The van der Waals surface area contributed by atoms with E-state index < -0.39 is 10.0 Å². The Labute approximate surface area is 76.6 Å². The number of rotatable bonds is 4. The zero-order chi connectivity index (χ0) is 9.90. The van der Waals surface area contributed by atoms with Crippen LogP contribution in [0.5, 0.6) is 0 Å². The first-order valence-corrected chi connectivity index (χ1v) is 5.25. The van der Waals surface area contributed by atoms with Gasteiger partial charge in [0.15, 0.2) is 5.03 Å². The maximum atomic E-state index is 11.4. The molecule has 0 unspecified atom stereocenters. The highest BCUT2D eigenvalue weighted by Crippen LogP contribution is 2.02. The lowest BCUT2D eigenvalue weighted by Crippen LogP contribution is -2.37. The number of nitrogens with zero attached hydrogens (tertiary/aromatic N) is 1. The highest BCUT2D eigenvalue weighted by Gasteiger charge is 2.17. The van der Waals surface area contributed by atoms with Crippen molar-refractivity contribution in [1.29, 1.82) is 0 Å². The van der Waals surface area contributed by atoms with Crippen LogP contribution in [0.3, 0.4) is 0 Å². The fraction of sp³-hybridized carbons (Fsp3) is 0.500. The highest BCUT2D eigenvalue weighted by atomic mass is 32.2. The normalized spacial score (nSPS) is 14.3. The van der Waals surface area contributed by atoms with Crippen molar-refractivity contribution in [3.05, 3.63) is 12.5 Å². The summed E-state index contributed by atoms with van der Waals surface area (Å²) in [5, 5.41) is 0.0489. The number of aromatic nitrogens is 2. The summed E-state index contributed by atoms with van der Waals surface area (Å²) in [5.41, 5.74) is 5.28. The van der Waals surface area contributed by atoms with E-state index in [1.54, 1.807) is 6.92 Å². The van der Waals surface area contributed by atoms with Gasteiger partial charge in [-0.15, -0.1) is 0 Å². The number of aromatic amines is 1. The highest BCUT2D eigenvalue weighted by molar-refractivity contribution is 7.89. The number of H-pyrrole nitrogens is 1. The smallest absolute Gasteiger partial charge is 0.257 e. The zero-order valence-electron chi connectivity index (χ0n) is 7.19. The lowest BCUT2D eigenvalue weighted by atomic mass is 10.4. The van der Waals surface area contributed by atoms with E-state index in [1.807, 2.05) is 0 Å². The van der Waals surface area contributed by atoms with Crippen LogP contribution < -0.4 is 10.5 Å². The second-order valence-electron chi connectivity index (χ2n) is 2.67. The van der Waals surface area contributed by atoms with Gasteiger partial charge in [0.1, 0.15) is 0 Å². The maximum Gasteiger partial charge on any atom is 0.257 e. The molecule has 7 heteroatoms. The molecule has 0 aliphatic carbocycles. The molecule has 0 aliphatic rings. The van der Waals surface area contributed by atoms with E-state index in [4.69, 9.17) is 5.73 Å². The molecule has 1 aromatic heterocycles. The molecule has 4 N–H and O–H groups in total. The second-order valence-corrected chi connectivity index (χ2v) is 4.36. The Morgan fingerprint density at radius 2 is 2.46 bits per heavy atom. The molecule has 0 aliphatic heterocycles. The molecule has 0 saturated carbocycles. The van der Waals surface area contributed by atoms with Crippen LogP contribution in [0.2, 0.25) is 0 Å². The standard InChI is InChI=1S/C6H12N4O2S/c1-5(2-7)10-13(11,12)6-3-8-4-9-6/h3-5,10H,2,7H2,1H3,(H,8,9)/t5-/m1/s1. The van der Waals surface area contributed by atoms with Gasteiger partial charge in [0, 0.05) is 12.6 Å². The number of sulfonamides is 1. The first-order chi connectivity index (χ1) is 6.06. The molecule has 0 saturated heterocycles. The van der Waals surface area contributed by atoms with Gasteiger partial charge in [-0.05, 0) is 6.92 Å². The maximum absolute atomic E-state index is 11.4. The van der Waals surface area contributed by atoms with Gasteiger partial charge in [-0.2, -0.15) is 0 Å². The molecule has 0 spiro atoms. The van der Waals surface area contributed by atoms with Gasteiger partial charge in [0.05, 0.1) is 12.5 Å². The minimum absolute atomic E-state index is 0.0489. The molecule has 1 rings (SSSR count). The molecule has 0 aromatic carbocycles. The molecule has 0 bridgehead atoms. The minimum atomic E-state index is -3.48. The lowest BCUT2D eigenvalue weighted by molar-refractivity contribution is 0.559. The van der Waals surface area contributed by atoms with E-state index >= 15 is 0 Å². The van der Waals surface area contributed by atoms with E-state index in [-0.39, 0.29) is 17.6 Å². The average Bonchev–Trinajstić information content (AvgIpc) is 2.55. The number of imidazole rings is 1. The van der Waals surface area contributed by atoms with Crippen LogP contribution in [-0.2, 0) is 10.0 Å². The van der Waals surface area contributed by atoms with Crippen LogP contribution in [0, 0.1) is 0 Å². The summed E-state index contributed by atoms with van der Waals surface area (Å²) < 4.78 is 25.2. The predicted molar refractivity (Wildman–Crippen MR) is 47.4 cm³/mol. The van der Waals surface area contributed by atoms with Crippen molar-refractivity contribution < 1.29 is 8.42 Å². The van der Waals surface area contributed by atoms with Crippen LogP contribution >= 0.6 is 0 Å². The average molecular weight is 204 g/mol. The van der Waals surface area contributed by atoms with Crippen molar-refractivity contribution in [3.8, 4) is 0 Å². The lowest BCUT2D eigenvalue weighted by Gasteiger charge is -2.09. The summed E-state index contributed by atoms with van der Waals surface area (Å²) in [5.74, 6) is 0. The molecule has 1 aromatic rings. The first-order valence-electron chi connectivity index (χ1n) is 3.77. The molecular weight excluding hydrogens is 192 g/mol. The molecule has 1 heterocycles. The summed E-state index contributed by atoms with van der Waals surface area (Å²) in [6.45, 7) is 1.95. The molecule has 74 valence electrons. The van der Waals surface area contributed by atoms with Gasteiger partial charge < -0.3 is 10.7 Å². The third-order valence-electron chi connectivity index (χ3n) is 1.47. The monoisotopic (exact) mass is 204 g/mol. The molecule has 0 fully saturated rings. The molecule has 6 nitrogen and oxygen atoms in total. The van der Waals surface area contributed by atoms with Gasteiger partial charge in [0.2, 0.25) is 0 Å². The van der Waals surface area contributed by atoms with Crippen molar-refractivity contribution in [2.24, 2.45) is 5.73 Å². The summed E-state index contributed by atoms with van der Waals surface area (Å²) >= 11 is 0. The second kappa shape index (κ2) is 3.86. The Morgan fingerprint density at radius 3 is 2.92 bits per heavy atom. The van der Waals surface area contributed by atoms with Gasteiger partial charge in [-0.25, -0.2) is 18.1 Å². The third-order valence-corrected chi connectivity index (χ3v) is 2.99. The number of hydrogen-bond acceptors (Lipinski definition) is 4. The summed E-state index contributed by atoms with van der Waals surface area (Å²) in [4.78, 5) is 6.12. The quantitative estimate of drug-likeness (QED) is 0.587. The summed E-state index contributed by atoms with van der Waals surface area (Å²) in [6, 6.07) is -0.284. The summed E-state index contributed by atoms with van der Waals surface area (Å²) in [6.07, 6.45) is 2.55. The number of nitrogens with two attached hydrogens (primary N) is 1. The van der Waals surface area contributed by atoms with Crippen LogP contribution in [0.25, 0.3) is 0 Å². The van der Waals surface area contributed by atoms with Crippen LogP contribution in [0.4, 0.5) is 0 Å². The SMILES string of the molecule is C[C@H](CN)NS(=O)(=O)c1cnc[nH]1. The Bertz CT molecular complexity index is 345. The topological polar surface area (TPSA) is 101 Å². The van der Waals surface area contributed by atoms with Crippen molar-refractivity contribution >= 4 is 10.0 Å². The third kappa shape index (κ3) is 2.51. The largest absolute Gasteiger partial charge is 0.335 e. The van der Waals surface area contributed by atoms with Gasteiger partial charge >= 0.3 is 0 Å². The Balaban J connectivity index is 2.79. The van der Waals surface area contributed by atoms with Crippen LogP contribution in [0.1, 0.15) is 6.92 Å². The van der Waals surface area contributed by atoms with E-state index in [0.717, 1.165) is 0 Å².